The predicted molar refractivity (Wildman–Crippen MR) is 147 cm³/mol. The Bertz CT molecular complexity index is 1450. The van der Waals surface area contributed by atoms with Gasteiger partial charge in [-0.15, -0.1) is 0 Å². The van der Waals surface area contributed by atoms with Gasteiger partial charge in [-0.05, 0) is 42.0 Å². The molecule has 0 saturated carbocycles. The number of methoxy groups -OCH3 is 1. The molecule has 4 aromatic rings. The van der Waals surface area contributed by atoms with Crippen LogP contribution in [0.25, 0.3) is 11.2 Å². The summed E-state index contributed by atoms with van der Waals surface area (Å²) in [4.78, 5) is 35.0. The number of anilines is 1. The second-order valence-electron chi connectivity index (χ2n) is 8.03. The first kappa shape index (κ1) is 28.7. The van der Waals surface area contributed by atoms with E-state index in [0.717, 1.165) is 11.8 Å². The van der Waals surface area contributed by atoms with Crippen molar-refractivity contribution in [2.75, 3.05) is 38.2 Å². The Hall–Kier alpha value is -3.35. The van der Waals surface area contributed by atoms with E-state index in [1.807, 2.05) is 0 Å². The van der Waals surface area contributed by atoms with E-state index in [9.17, 15) is 14.0 Å². The Labute approximate surface area is 228 Å². The summed E-state index contributed by atoms with van der Waals surface area (Å²) >= 11 is 1.14. The number of aromatic amines is 1. The van der Waals surface area contributed by atoms with Gasteiger partial charge in [0, 0.05) is 17.9 Å². The fraction of sp³-hybridized carbons (Fsp3) is 0.280. The number of H-pyrrole nitrogens is 1. The van der Waals surface area contributed by atoms with Crippen LogP contribution in [-0.2, 0) is 26.9 Å². The Morgan fingerprint density at radius 1 is 1.18 bits per heavy atom. The number of fused-ring (bicyclic) bond motifs is 1. The number of rotatable bonds is 14. The molecule has 39 heavy (non-hydrogen) atoms. The van der Waals surface area contributed by atoms with Gasteiger partial charge in [-0.3, -0.25) is 14.6 Å². The molecule has 11 nitrogen and oxygen atoms in total. The first-order valence-electron chi connectivity index (χ1n) is 11.8. The summed E-state index contributed by atoms with van der Waals surface area (Å²) in [5, 5.41) is -0.0804. The molecule has 0 saturated heterocycles. The van der Waals surface area contributed by atoms with E-state index in [2.05, 4.69) is 15.0 Å². The first-order chi connectivity index (χ1) is 18.9. The molecule has 0 amide bonds. The topological polar surface area (TPSA) is 144 Å². The van der Waals surface area contributed by atoms with Crippen LogP contribution >= 0.6 is 20.1 Å². The number of hydrogen-bond acceptors (Lipinski definition) is 10. The molecule has 0 aliphatic rings. The van der Waals surface area contributed by atoms with Crippen molar-refractivity contribution in [1.82, 2.24) is 19.5 Å². The number of nitrogen functional groups attached to an aromatic ring is 1. The van der Waals surface area contributed by atoms with Crippen LogP contribution in [0.4, 0.5) is 10.3 Å². The lowest BCUT2D eigenvalue weighted by molar-refractivity contribution is 0.108. The number of hydrogen-bond donors (Lipinski definition) is 2. The van der Waals surface area contributed by atoms with Crippen molar-refractivity contribution < 1.29 is 27.7 Å². The Kier molecular flexibility index (Phi) is 10.4. The van der Waals surface area contributed by atoms with Crippen LogP contribution in [0.2, 0.25) is 0 Å². The number of nitrogens with zero attached hydrogens (tertiary/aromatic N) is 3. The fourth-order valence-corrected chi connectivity index (χ4v) is 5.27. The van der Waals surface area contributed by atoms with E-state index in [0.29, 0.717) is 34.8 Å². The molecule has 0 fully saturated rings. The Balaban J connectivity index is 1.28. The van der Waals surface area contributed by atoms with Gasteiger partial charge in [0.15, 0.2) is 19.5 Å². The average molecular weight is 576 g/mol. The van der Waals surface area contributed by atoms with Crippen LogP contribution in [0, 0.1) is 5.82 Å². The molecular weight excluding hydrogens is 548 g/mol. The van der Waals surface area contributed by atoms with E-state index < -0.39 is 13.9 Å². The van der Waals surface area contributed by atoms with Crippen molar-refractivity contribution in [3.63, 3.8) is 0 Å². The maximum absolute atomic E-state index is 13.6. The van der Waals surface area contributed by atoms with Crippen molar-refractivity contribution in [2.24, 2.45) is 0 Å². The molecule has 0 bridgehead atoms. The van der Waals surface area contributed by atoms with Gasteiger partial charge < -0.3 is 28.8 Å². The van der Waals surface area contributed by atoms with E-state index in [1.54, 1.807) is 48.1 Å². The normalized spacial score (nSPS) is 12.1. The lowest BCUT2D eigenvalue weighted by Crippen LogP contribution is -2.13. The standard InChI is InChI=1S/C25H27FN5O6PS/c1-34-20-7-5-18(6-8-20)24(33)39-12-11-36-38(37-14-17-3-2-4-19(26)13-17)16-35-10-9-31-15-28-21-22(31)29-25(27)30-23(21)32/h2-8,13,15H,9-12,14,16H2,1H3,(H3,27,29,30,32). The Morgan fingerprint density at radius 3 is 2.77 bits per heavy atom. The van der Waals surface area contributed by atoms with Crippen molar-refractivity contribution in [3.8, 4) is 5.75 Å². The largest absolute Gasteiger partial charge is 0.497 e. The number of carbonyl (C=O) groups excluding carboxylic acids is 1. The summed E-state index contributed by atoms with van der Waals surface area (Å²) < 4.78 is 37.9. The zero-order chi connectivity index (χ0) is 27.6. The maximum Gasteiger partial charge on any atom is 0.280 e. The van der Waals surface area contributed by atoms with Crippen LogP contribution in [0.5, 0.6) is 5.75 Å². The number of nitrogens with two attached hydrogens (primary N) is 1. The van der Waals surface area contributed by atoms with Crippen molar-refractivity contribution in [2.45, 2.75) is 13.2 Å². The highest BCUT2D eigenvalue weighted by molar-refractivity contribution is 8.14. The van der Waals surface area contributed by atoms with Crippen molar-refractivity contribution in [3.05, 3.63) is 82.2 Å². The number of aromatic nitrogens is 4. The molecule has 2 aromatic heterocycles. The van der Waals surface area contributed by atoms with Crippen LogP contribution in [0.3, 0.4) is 0 Å². The van der Waals surface area contributed by atoms with Crippen molar-refractivity contribution >= 4 is 42.4 Å². The highest BCUT2D eigenvalue weighted by atomic mass is 32.2. The van der Waals surface area contributed by atoms with Crippen LogP contribution in [0.1, 0.15) is 15.9 Å². The summed E-state index contributed by atoms with van der Waals surface area (Å²) in [6.45, 7) is 1.02. The van der Waals surface area contributed by atoms with Gasteiger partial charge in [0.2, 0.25) is 11.1 Å². The molecule has 1 unspecified atom stereocenters. The second-order valence-corrected chi connectivity index (χ2v) is 10.5. The lowest BCUT2D eigenvalue weighted by Gasteiger charge is -2.18. The molecule has 0 aliphatic heterocycles. The van der Waals surface area contributed by atoms with E-state index >= 15 is 0 Å². The minimum absolute atomic E-state index is 0.00109. The van der Waals surface area contributed by atoms with Gasteiger partial charge in [-0.25, -0.2) is 9.37 Å². The number of imidazole rings is 1. The molecule has 3 N–H and O–H groups in total. The van der Waals surface area contributed by atoms with Gasteiger partial charge in [0.25, 0.3) is 5.56 Å². The van der Waals surface area contributed by atoms with Gasteiger partial charge >= 0.3 is 0 Å². The number of halogens is 1. The zero-order valence-electron chi connectivity index (χ0n) is 21.0. The summed E-state index contributed by atoms with van der Waals surface area (Å²) in [6, 6.07) is 13.0. The van der Waals surface area contributed by atoms with E-state index in [4.69, 9.17) is 24.3 Å². The van der Waals surface area contributed by atoms with Crippen LogP contribution in [-0.4, -0.2) is 57.1 Å². The molecule has 0 spiro atoms. The molecule has 206 valence electrons. The van der Waals surface area contributed by atoms with E-state index in [1.165, 1.54) is 18.5 Å². The lowest BCUT2D eigenvalue weighted by atomic mass is 10.2. The number of benzene rings is 2. The van der Waals surface area contributed by atoms with Crippen LogP contribution in [0.15, 0.2) is 59.7 Å². The third kappa shape index (κ3) is 8.32. The number of nitrogens with one attached hydrogen (secondary N) is 1. The molecule has 0 aliphatic carbocycles. The minimum Gasteiger partial charge on any atom is -0.497 e. The number of thioether (sulfide) groups is 1. The first-order valence-corrected chi connectivity index (χ1v) is 14.1. The maximum atomic E-state index is 13.6. The summed E-state index contributed by atoms with van der Waals surface area (Å²) in [6.07, 6.45) is 1.64. The van der Waals surface area contributed by atoms with Gasteiger partial charge in [-0.1, -0.05) is 23.9 Å². The molecule has 4 rings (SSSR count). The molecule has 2 aromatic carbocycles. The smallest absolute Gasteiger partial charge is 0.280 e. The average Bonchev–Trinajstić information content (AvgIpc) is 3.34. The quantitative estimate of drug-likeness (QED) is 0.168. The fourth-order valence-electron chi connectivity index (χ4n) is 3.41. The van der Waals surface area contributed by atoms with E-state index in [-0.39, 0.29) is 48.6 Å². The summed E-state index contributed by atoms with van der Waals surface area (Å²) in [7, 11) is 0.0651. The second kappa shape index (κ2) is 14.2. The zero-order valence-corrected chi connectivity index (χ0v) is 22.8. The van der Waals surface area contributed by atoms with Gasteiger partial charge in [0.1, 0.15) is 17.9 Å². The predicted octanol–water partition coefficient (Wildman–Crippen LogP) is 3.94. The summed E-state index contributed by atoms with van der Waals surface area (Å²) in [5.74, 6) is 0.736. The van der Waals surface area contributed by atoms with Gasteiger partial charge in [0.05, 0.1) is 33.3 Å². The minimum atomic E-state index is -1.50. The van der Waals surface area contributed by atoms with Gasteiger partial charge in [-0.2, -0.15) is 4.98 Å². The third-order valence-corrected chi connectivity index (χ3v) is 7.46. The molecule has 0 radical (unpaired) electrons. The summed E-state index contributed by atoms with van der Waals surface area (Å²) in [5.41, 5.74) is 7.00. The molecule has 1 atom stereocenters. The van der Waals surface area contributed by atoms with Crippen LogP contribution < -0.4 is 16.0 Å². The monoisotopic (exact) mass is 575 g/mol. The highest BCUT2D eigenvalue weighted by Gasteiger charge is 2.15. The Morgan fingerprint density at radius 2 is 2.00 bits per heavy atom. The number of ether oxygens (including phenoxy) is 2. The van der Waals surface area contributed by atoms with Crippen molar-refractivity contribution in [1.29, 1.82) is 0 Å². The SMILES string of the molecule is COc1ccc(C(=O)SCCOP(COCCn2cnc3c(=O)[nH]c(N)nc32)OCc2cccc(F)c2)cc1. The molecule has 14 heteroatoms. The highest BCUT2D eigenvalue weighted by Crippen LogP contribution is 2.39. The molecule has 2 heterocycles. The molecular formula is C25H27FN5O6PS. The number of carbonyl (C=O) groups is 1. The third-order valence-electron chi connectivity index (χ3n) is 5.31.